The van der Waals surface area contributed by atoms with Crippen LogP contribution in [0, 0.1) is 6.92 Å². The van der Waals surface area contributed by atoms with Gasteiger partial charge in [-0.05, 0) is 36.8 Å². The van der Waals surface area contributed by atoms with E-state index < -0.39 is 6.04 Å². The predicted octanol–water partition coefficient (Wildman–Crippen LogP) is 3.17. The van der Waals surface area contributed by atoms with Gasteiger partial charge in [0.15, 0.2) is 5.82 Å². The lowest BCUT2D eigenvalue weighted by Crippen LogP contribution is -2.29. The van der Waals surface area contributed by atoms with Gasteiger partial charge in [0, 0.05) is 37.6 Å². The third kappa shape index (κ3) is 5.20. The van der Waals surface area contributed by atoms with Crippen LogP contribution in [0.2, 0.25) is 0 Å². The Labute approximate surface area is 175 Å². The van der Waals surface area contributed by atoms with E-state index in [0.29, 0.717) is 17.1 Å². The first-order valence-electron chi connectivity index (χ1n) is 9.59. The van der Waals surface area contributed by atoms with Crippen LogP contribution in [0.3, 0.4) is 0 Å². The lowest BCUT2D eigenvalue weighted by Gasteiger charge is -2.18. The van der Waals surface area contributed by atoms with Crippen molar-refractivity contribution in [1.29, 1.82) is 0 Å². The summed E-state index contributed by atoms with van der Waals surface area (Å²) in [5.41, 5.74) is 3.02. The van der Waals surface area contributed by atoms with Crippen molar-refractivity contribution in [1.82, 2.24) is 14.9 Å². The molecule has 0 saturated heterocycles. The first-order chi connectivity index (χ1) is 14.3. The SMILES string of the molecule is CC(=O)N[C@@H](CC(=O)Nc1ccc(C(=O)c2nccn2C)cc1)c1ccc(C)cc1. The third-order valence-electron chi connectivity index (χ3n) is 4.70. The summed E-state index contributed by atoms with van der Waals surface area (Å²) in [6.07, 6.45) is 3.37. The summed E-state index contributed by atoms with van der Waals surface area (Å²) in [6, 6.07) is 13.9. The van der Waals surface area contributed by atoms with Crippen molar-refractivity contribution in [3.8, 4) is 0 Å². The second-order valence-electron chi connectivity index (χ2n) is 7.18. The molecule has 3 aromatic rings. The Kier molecular flexibility index (Phi) is 6.41. The summed E-state index contributed by atoms with van der Waals surface area (Å²) in [6.45, 7) is 3.41. The number of hydrogen-bond donors (Lipinski definition) is 2. The van der Waals surface area contributed by atoms with Gasteiger partial charge in [0.25, 0.3) is 0 Å². The molecule has 0 aliphatic carbocycles. The second-order valence-corrected chi connectivity index (χ2v) is 7.18. The van der Waals surface area contributed by atoms with Crippen LogP contribution in [0.15, 0.2) is 60.9 Å². The molecule has 1 aromatic heterocycles. The number of rotatable bonds is 7. The van der Waals surface area contributed by atoms with Crippen LogP contribution >= 0.6 is 0 Å². The zero-order valence-corrected chi connectivity index (χ0v) is 17.2. The van der Waals surface area contributed by atoms with Crippen LogP contribution < -0.4 is 10.6 Å². The Bertz CT molecular complexity index is 1050. The van der Waals surface area contributed by atoms with Gasteiger partial charge in [-0.15, -0.1) is 0 Å². The topological polar surface area (TPSA) is 93.1 Å². The van der Waals surface area contributed by atoms with E-state index in [2.05, 4.69) is 15.6 Å². The largest absolute Gasteiger partial charge is 0.349 e. The van der Waals surface area contributed by atoms with E-state index >= 15 is 0 Å². The quantitative estimate of drug-likeness (QED) is 0.592. The normalized spacial score (nSPS) is 11.6. The van der Waals surface area contributed by atoms with Crippen molar-refractivity contribution in [2.45, 2.75) is 26.3 Å². The Morgan fingerprint density at radius 3 is 2.27 bits per heavy atom. The van der Waals surface area contributed by atoms with E-state index in [1.54, 1.807) is 48.3 Å². The Hall–Kier alpha value is -3.74. The van der Waals surface area contributed by atoms with E-state index in [1.807, 2.05) is 31.2 Å². The molecule has 7 heteroatoms. The molecule has 30 heavy (non-hydrogen) atoms. The predicted molar refractivity (Wildman–Crippen MR) is 114 cm³/mol. The lowest BCUT2D eigenvalue weighted by molar-refractivity contribution is -0.120. The van der Waals surface area contributed by atoms with Gasteiger partial charge in [-0.25, -0.2) is 4.98 Å². The molecule has 154 valence electrons. The number of nitrogens with zero attached hydrogens (tertiary/aromatic N) is 2. The molecule has 0 radical (unpaired) electrons. The fraction of sp³-hybridized carbons (Fsp3) is 0.217. The van der Waals surface area contributed by atoms with Gasteiger partial charge >= 0.3 is 0 Å². The summed E-state index contributed by atoms with van der Waals surface area (Å²) >= 11 is 0. The average molecular weight is 404 g/mol. The minimum atomic E-state index is -0.424. The van der Waals surface area contributed by atoms with Crippen molar-refractivity contribution in [2.24, 2.45) is 7.05 Å². The van der Waals surface area contributed by atoms with Gasteiger partial charge in [0.05, 0.1) is 12.5 Å². The van der Waals surface area contributed by atoms with Gasteiger partial charge in [-0.2, -0.15) is 0 Å². The Morgan fingerprint density at radius 2 is 1.70 bits per heavy atom. The molecule has 0 spiro atoms. The maximum atomic E-state index is 12.6. The number of anilines is 1. The zero-order valence-electron chi connectivity index (χ0n) is 17.2. The van der Waals surface area contributed by atoms with Gasteiger partial charge in [-0.3, -0.25) is 14.4 Å². The van der Waals surface area contributed by atoms with Gasteiger partial charge in [-0.1, -0.05) is 29.8 Å². The summed E-state index contributed by atoms with van der Waals surface area (Å²) in [5.74, 6) is -0.281. The van der Waals surface area contributed by atoms with Crippen LogP contribution in [0.1, 0.15) is 46.7 Å². The molecule has 0 aliphatic heterocycles. The van der Waals surface area contributed by atoms with Crippen LogP contribution in [0.5, 0.6) is 0 Å². The molecular formula is C23H24N4O3. The number of amides is 2. The standard InChI is InChI=1S/C23H24N4O3/c1-15-4-6-17(7-5-15)20(25-16(2)28)14-21(29)26-19-10-8-18(9-11-19)22(30)23-24-12-13-27(23)3/h4-13,20H,14H2,1-3H3,(H,25,28)(H,26,29)/t20-/m0/s1. The smallest absolute Gasteiger partial charge is 0.228 e. The maximum Gasteiger partial charge on any atom is 0.228 e. The molecule has 2 N–H and O–H groups in total. The lowest BCUT2D eigenvalue weighted by atomic mass is 10.0. The number of benzene rings is 2. The number of aromatic nitrogens is 2. The van der Waals surface area contributed by atoms with Crippen LogP contribution in [-0.4, -0.2) is 27.1 Å². The molecule has 0 fully saturated rings. The van der Waals surface area contributed by atoms with Crippen molar-refractivity contribution in [3.63, 3.8) is 0 Å². The summed E-state index contributed by atoms with van der Waals surface area (Å²) in [4.78, 5) is 40.7. The molecular weight excluding hydrogens is 380 g/mol. The summed E-state index contributed by atoms with van der Waals surface area (Å²) in [5, 5.41) is 5.64. The Balaban J connectivity index is 1.67. The number of carbonyl (C=O) groups excluding carboxylic acids is 3. The monoisotopic (exact) mass is 404 g/mol. The van der Waals surface area contributed by atoms with E-state index in [9.17, 15) is 14.4 Å². The fourth-order valence-electron chi connectivity index (χ4n) is 3.11. The van der Waals surface area contributed by atoms with Crippen molar-refractivity contribution in [3.05, 3.63) is 83.4 Å². The minimum Gasteiger partial charge on any atom is -0.349 e. The molecule has 2 amide bonds. The van der Waals surface area contributed by atoms with Crippen LogP contribution in [-0.2, 0) is 16.6 Å². The maximum absolute atomic E-state index is 12.6. The van der Waals surface area contributed by atoms with E-state index in [1.165, 1.54) is 6.92 Å². The highest BCUT2D eigenvalue weighted by atomic mass is 16.2. The fourth-order valence-corrected chi connectivity index (χ4v) is 3.11. The van der Waals surface area contributed by atoms with Crippen LogP contribution in [0.4, 0.5) is 5.69 Å². The number of ketones is 1. The zero-order chi connectivity index (χ0) is 21.7. The highest BCUT2D eigenvalue weighted by Crippen LogP contribution is 2.19. The molecule has 1 atom stereocenters. The van der Waals surface area contributed by atoms with Crippen molar-refractivity contribution in [2.75, 3.05) is 5.32 Å². The Morgan fingerprint density at radius 1 is 1.03 bits per heavy atom. The highest BCUT2D eigenvalue weighted by molar-refractivity contribution is 6.07. The first-order valence-corrected chi connectivity index (χ1v) is 9.59. The summed E-state index contributed by atoms with van der Waals surface area (Å²) < 4.78 is 1.66. The van der Waals surface area contributed by atoms with E-state index in [-0.39, 0.29) is 24.0 Å². The van der Waals surface area contributed by atoms with E-state index in [4.69, 9.17) is 0 Å². The molecule has 0 bridgehead atoms. The molecule has 1 heterocycles. The highest BCUT2D eigenvalue weighted by Gasteiger charge is 2.18. The molecule has 7 nitrogen and oxygen atoms in total. The first kappa shape index (κ1) is 21.0. The molecule has 0 unspecified atom stereocenters. The van der Waals surface area contributed by atoms with Crippen molar-refractivity contribution < 1.29 is 14.4 Å². The van der Waals surface area contributed by atoms with E-state index in [0.717, 1.165) is 11.1 Å². The number of carbonyl (C=O) groups is 3. The van der Waals surface area contributed by atoms with Gasteiger partial charge in [0.2, 0.25) is 17.6 Å². The third-order valence-corrected chi connectivity index (χ3v) is 4.70. The molecule has 0 aliphatic rings. The number of imidazole rings is 1. The second kappa shape index (κ2) is 9.17. The molecule has 2 aromatic carbocycles. The number of nitrogens with one attached hydrogen (secondary N) is 2. The van der Waals surface area contributed by atoms with Crippen LogP contribution in [0.25, 0.3) is 0 Å². The molecule has 3 rings (SSSR count). The number of aryl methyl sites for hydroxylation is 2. The molecule has 0 saturated carbocycles. The van der Waals surface area contributed by atoms with Gasteiger partial charge in [0.1, 0.15) is 0 Å². The van der Waals surface area contributed by atoms with Gasteiger partial charge < -0.3 is 15.2 Å². The minimum absolute atomic E-state index is 0.0938. The summed E-state index contributed by atoms with van der Waals surface area (Å²) in [7, 11) is 1.76. The number of hydrogen-bond acceptors (Lipinski definition) is 4. The average Bonchev–Trinajstić information content (AvgIpc) is 3.13. The van der Waals surface area contributed by atoms with Crippen molar-refractivity contribution >= 4 is 23.3 Å².